The number of nitrogens with one attached hydrogen (secondary N) is 7. The van der Waals surface area contributed by atoms with Gasteiger partial charge in [-0.2, -0.15) is 0 Å². The average Bonchev–Trinajstić information content (AvgIpc) is 3.87. The van der Waals surface area contributed by atoms with Gasteiger partial charge in [0.15, 0.2) is 0 Å². The summed E-state index contributed by atoms with van der Waals surface area (Å²) in [6.07, 6.45) is 0.957. The maximum Gasteiger partial charge on any atom is 0.303 e. The molecule has 2 rings (SSSR count). The van der Waals surface area contributed by atoms with Gasteiger partial charge < -0.3 is 62.5 Å². The molecule has 1 aliphatic heterocycles. The Morgan fingerprint density at radius 3 is 1.92 bits per heavy atom. The van der Waals surface area contributed by atoms with Crippen molar-refractivity contribution in [1.29, 1.82) is 0 Å². The number of aliphatic hydroxyl groups excluding tert-OH is 1. The lowest BCUT2D eigenvalue weighted by atomic mass is 10.0. The quantitative estimate of drug-likeness (QED) is 0.0448. The van der Waals surface area contributed by atoms with Gasteiger partial charge in [0.1, 0.15) is 42.5 Å². The number of rotatable bonds is 25. The van der Waals surface area contributed by atoms with Gasteiger partial charge in [0.25, 0.3) is 0 Å². The van der Waals surface area contributed by atoms with Crippen molar-refractivity contribution in [2.45, 2.75) is 141 Å². The van der Waals surface area contributed by atoms with Gasteiger partial charge in [-0.05, 0) is 50.9 Å². The third kappa shape index (κ3) is 16.4. The summed E-state index contributed by atoms with van der Waals surface area (Å²) < 4.78 is 0. The monoisotopic (exact) mass is 848 g/mol. The number of H-pyrrole nitrogens is 1. The number of primary amides is 1. The second-order valence-electron chi connectivity index (χ2n) is 15.6. The summed E-state index contributed by atoms with van der Waals surface area (Å²) in [5.74, 6) is -8.51. The van der Waals surface area contributed by atoms with Crippen LogP contribution in [0.1, 0.15) is 92.2 Å². The van der Waals surface area contributed by atoms with Crippen LogP contribution < -0.4 is 37.6 Å². The highest BCUT2D eigenvalue weighted by Crippen LogP contribution is 2.18. The number of likely N-dealkylation sites (tertiary alicyclic amines) is 1. The van der Waals surface area contributed by atoms with Gasteiger partial charge in [-0.15, -0.1) is 0 Å². The molecule has 8 atom stereocenters. The number of aromatic amines is 1. The number of aromatic nitrogens is 2. The molecular formula is C38H60N10O12. The van der Waals surface area contributed by atoms with Crippen LogP contribution in [0.5, 0.6) is 0 Å². The predicted octanol–water partition coefficient (Wildman–Crippen LogP) is -2.72. The fraction of sp³-hybridized carbons (Fsp3) is 0.658. The van der Waals surface area contributed by atoms with E-state index in [1.807, 2.05) is 0 Å². The van der Waals surface area contributed by atoms with Crippen LogP contribution in [-0.4, -0.2) is 140 Å². The molecule has 1 aromatic heterocycles. The molecule has 0 aliphatic carbocycles. The fourth-order valence-electron chi connectivity index (χ4n) is 6.50. The summed E-state index contributed by atoms with van der Waals surface area (Å²) in [6.45, 7) is 9.67. The first-order chi connectivity index (χ1) is 28.1. The summed E-state index contributed by atoms with van der Waals surface area (Å²) in [6, 6.07) is -9.21. The van der Waals surface area contributed by atoms with E-state index in [4.69, 9.17) is 5.73 Å². The molecule has 11 N–H and O–H groups in total. The molecule has 1 fully saturated rings. The molecule has 0 unspecified atom stereocenters. The number of carbonyl (C=O) groups is 10. The molecule has 0 bridgehead atoms. The van der Waals surface area contributed by atoms with E-state index >= 15 is 0 Å². The van der Waals surface area contributed by atoms with Gasteiger partial charge in [-0.1, -0.05) is 27.7 Å². The average molecular weight is 849 g/mol. The molecule has 22 nitrogen and oxygen atoms in total. The molecule has 0 saturated carbocycles. The number of aliphatic hydroxyl groups is 1. The van der Waals surface area contributed by atoms with Gasteiger partial charge in [0, 0.05) is 44.6 Å². The highest BCUT2D eigenvalue weighted by molar-refractivity contribution is 5.97. The zero-order valence-corrected chi connectivity index (χ0v) is 34.8. The van der Waals surface area contributed by atoms with Crippen molar-refractivity contribution in [2.75, 3.05) is 6.54 Å². The number of nitrogens with zero attached hydrogens (tertiary/aromatic N) is 2. The maximum absolute atomic E-state index is 13.7. The van der Waals surface area contributed by atoms with Crippen LogP contribution in [0.4, 0.5) is 0 Å². The largest absolute Gasteiger partial charge is 0.481 e. The lowest BCUT2D eigenvalue weighted by Crippen LogP contribution is -2.62. The predicted molar refractivity (Wildman–Crippen MR) is 212 cm³/mol. The first kappa shape index (κ1) is 50.2. The molecule has 8 amide bonds. The molecule has 0 spiro atoms. The minimum Gasteiger partial charge on any atom is -0.481 e. The van der Waals surface area contributed by atoms with Gasteiger partial charge in [-0.3, -0.25) is 43.2 Å². The summed E-state index contributed by atoms with van der Waals surface area (Å²) in [4.78, 5) is 136. The minimum absolute atomic E-state index is 0.0802. The number of aliphatic carboxylic acids is 1. The SMILES string of the molecule is CC(=O)N1CCC[C@H]1C(=O)N[C@H](C(=O)N[C@@H](CCC(N)=O)C(=O)N[C@@H](CCC(=O)O)C(=O)N[C@H](C(=O)N[C@@H](CC(C)C)C(=O)N[C@H](C=O)Cc1cnc[nH]1)[C@@H](C)O)C(C)C. The summed E-state index contributed by atoms with van der Waals surface area (Å²) in [7, 11) is 0. The van der Waals surface area contributed by atoms with Gasteiger partial charge in [0.2, 0.25) is 47.3 Å². The lowest BCUT2D eigenvalue weighted by Gasteiger charge is -2.29. The minimum atomic E-state index is -1.74. The number of hydrogen-bond donors (Lipinski definition) is 10. The van der Waals surface area contributed by atoms with Crippen molar-refractivity contribution in [3.8, 4) is 0 Å². The highest BCUT2D eigenvalue weighted by Gasteiger charge is 2.38. The van der Waals surface area contributed by atoms with Crippen LogP contribution in [0.3, 0.4) is 0 Å². The Morgan fingerprint density at radius 1 is 0.833 bits per heavy atom. The van der Waals surface area contributed by atoms with Crippen LogP contribution in [0.15, 0.2) is 12.5 Å². The molecule has 22 heteroatoms. The molecule has 1 aliphatic rings. The van der Waals surface area contributed by atoms with E-state index in [-0.39, 0.29) is 31.1 Å². The van der Waals surface area contributed by atoms with E-state index < -0.39 is 121 Å². The Balaban J connectivity index is 2.29. The summed E-state index contributed by atoms with van der Waals surface area (Å²) in [5, 5.41) is 34.8. The van der Waals surface area contributed by atoms with Crippen molar-refractivity contribution in [3.63, 3.8) is 0 Å². The highest BCUT2D eigenvalue weighted by atomic mass is 16.4. The fourth-order valence-corrected chi connectivity index (χ4v) is 6.50. The van der Waals surface area contributed by atoms with Crippen molar-refractivity contribution >= 4 is 59.5 Å². The number of amides is 8. The second kappa shape index (κ2) is 24.2. The third-order valence-electron chi connectivity index (χ3n) is 9.69. The van der Waals surface area contributed by atoms with Crippen LogP contribution in [-0.2, 0) is 54.4 Å². The van der Waals surface area contributed by atoms with Crippen LogP contribution >= 0.6 is 0 Å². The standard InChI is InChI=1S/C38H60N10O12/c1-19(2)14-27(35(57)42-24(17-49)15-23-16-40-18-41-23)45-38(60)32(21(5)50)47-34(56)26(10-12-30(53)54)43-33(55)25(9-11-29(39)52)44-37(59)31(20(3)4)46-36(58)28-8-7-13-48(28)22(6)51/h16-21,24-28,31-32,50H,7-15H2,1-6H3,(H2,39,52)(H,40,41)(H,42,57)(H,43,55)(H,44,59)(H,45,60)(H,46,58)(H,47,56)(H,53,54)/t21-,24+,25+,26+,27+,28+,31+,32+/m1/s1. The Bertz CT molecular complexity index is 1690. The first-order valence-corrected chi connectivity index (χ1v) is 19.8. The summed E-state index contributed by atoms with van der Waals surface area (Å²) in [5.41, 5.74) is 5.89. The Morgan fingerprint density at radius 2 is 1.40 bits per heavy atom. The molecule has 0 radical (unpaired) electrons. The van der Waals surface area contributed by atoms with E-state index in [2.05, 4.69) is 41.9 Å². The topological polar surface area (TPSA) is 341 Å². The number of carboxylic acid groups (broad SMARTS) is 1. The van der Waals surface area contributed by atoms with E-state index in [1.54, 1.807) is 27.7 Å². The third-order valence-corrected chi connectivity index (χ3v) is 9.69. The van der Waals surface area contributed by atoms with Crippen molar-refractivity contribution < 1.29 is 58.2 Å². The molecule has 0 aromatic carbocycles. The number of aldehydes is 1. The van der Waals surface area contributed by atoms with E-state index in [0.29, 0.717) is 31.4 Å². The molecule has 334 valence electrons. The molecular weight excluding hydrogens is 788 g/mol. The van der Waals surface area contributed by atoms with E-state index in [1.165, 1.54) is 31.3 Å². The number of imidazole rings is 1. The Hall–Kier alpha value is -5.93. The Kier molecular flexibility index (Phi) is 20.3. The molecule has 1 saturated heterocycles. The van der Waals surface area contributed by atoms with Gasteiger partial charge in [-0.25, -0.2) is 4.98 Å². The van der Waals surface area contributed by atoms with Crippen molar-refractivity contribution in [3.05, 3.63) is 18.2 Å². The van der Waals surface area contributed by atoms with Crippen LogP contribution in [0.2, 0.25) is 0 Å². The van der Waals surface area contributed by atoms with Crippen LogP contribution in [0.25, 0.3) is 0 Å². The van der Waals surface area contributed by atoms with Gasteiger partial charge >= 0.3 is 5.97 Å². The number of carboxylic acids is 1. The number of hydrogen-bond acceptors (Lipinski definition) is 12. The lowest BCUT2D eigenvalue weighted by molar-refractivity contribution is -0.139. The molecule has 2 heterocycles. The van der Waals surface area contributed by atoms with Crippen molar-refractivity contribution in [1.82, 2.24) is 46.8 Å². The number of nitrogens with two attached hydrogens (primary N) is 1. The van der Waals surface area contributed by atoms with Crippen molar-refractivity contribution in [2.24, 2.45) is 17.6 Å². The van der Waals surface area contributed by atoms with Gasteiger partial charge in [0.05, 0.1) is 18.5 Å². The van der Waals surface area contributed by atoms with E-state index in [0.717, 1.165) is 0 Å². The van der Waals surface area contributed by atoms with Crippen LogP contribution in [0, 0.1) is 11.8 Å². The maximum atomic E-state index is 13.7. The molecule has 1 aromatic rings. The zero-order valence-electron chi connectivity index (χ0n) is 34.8. The molecule has 60 heavy (non-hydrogen) atoms. The zero-order chi connectivity index (χ0) is 45.3. The second-order valence-corrected chi connectivity index (χ2v) is 15.6. The normalized spacial score (nSPS) is 17.2. The Labute approximate surface area is 347 Å². The van der Waals surface area contributed by atoms with E-state index in [9.17, 15) is 58.2 Å². The first-order valence-electron chi connectivity index (χ1n) is 19.8. The summed E-state index contributed by atoms with van der Waals surface area (Å²) >= 11 is 0. The smallest absolute Gasteiger partial charge is 0.303 e. The number of carbonyl (C=O) groups excluding carboxylic acids is 9.